The van der Waals surface area contributed by atoms with Gasteiger partial charge in [0.1, 0.15) is 41.2 Å². The van der Waals surface area contributed by atoms with Gasteiger partial charge in [-0.25, -0.2) is 14.4 Å². The van der Waals surface area contributed by atoms with Crippen LogP contribution in [0.2, 0.25) is 0 Å². The predicted molar refractivity (Wildman–Crippen MR) is 311 cm³/mol. The third-order valence-corrected chi connectivity index (χ3v) is 16.8. The number of unbranched alkanes of at least 4 members (excludes halogenated alkanes) is 5. The van der Waals surface area contributed by atoms with Gasteiger partial charge in [0.2, 0.25) is 17.7 Å². The first-order valence-corrected chi connectivity index (χ1v) is 29.3. The van der Waals surface area contributed by atoms with Crippen LogP contribution in [0.25, 0.3) is 11.3 Å². The Labute approximate surface area is 480 Å². The van der Waals surface area contributed by atoms with Gasteiger partial charge in [-0.05, 0) is 129 Å². The smallest absolute Gasteiger partial charge is 0.254 e. The van der Waals surface area contributed by atoms with E-state index in [-0.39, 0.29) is 66.1 Å². The van der Waals surface area contributed by atoms with Crippen molar-refractivity contribution >= 4 is 41.0 Å². The van der Waals surface area contributed by atoms with E-state index >= 15 is 0 Å². The molecule has 3 aromatic carbocycles. The van der Waals surface area contributed by atoms with Crippen LogP contribution in [0.15, 0.2) is 66.9 Å². The Balaban J connectivity index is 0.751. The first-order chi connectivity index (χ1) is 39.4. The molecule has 5 atom stereocenters. The number of nitrogen functional groups attached to an aromatic ring is 1. The second-order valence-electron chi connectivity index (χ2n) is 23.7. The number of carbonyl (C=O) groups is 5. The van der Waals surface area contributed by atoms with Gasteiger partial charge in [0.25, 0.3) is 5.91 Å². The lowest BCUT2D eigenvalue weighted by Gasteiger charge is -2.41. The molecule has 1 saturated heterocycles. The molecule has 2 aromatic heterocycles. The normalized spacial score (nSPS) is 18.3. The maximum Gasteiger partial charge on any atom is 0.254 e. The zero-order chi connectivity index (χ0) is 58.2. The molecular weight excluding hydrogens is 1040 g/mol. The van der Waals surface area contributed by atoms with Crippen molar-refractivity contribution < 1.29 is 33.1 Å². The van der Waals surface area contributed by atoms with Crippen LogP contribution in [0.4, 0.5) is 16.0 Å². The van der Waals surface area contributed by atoms with Gasteiger partial charge < -0.3 is 41.1 Å². The SMILES string of the molecule is CN[C@@H](C)C(=O)N[C@H](C(=O)N1Cc2cc(OCCCCCCCCC(=O)CCCn3nc4c(c3C#N)-c3cnc(N)c(n3)N3CCC[C@@H]3c3cc(F)ccc3C(=O)N(C)C4)ccc2C[C@H]1C(=O)N[C@@H]1CCCc2ccccc21)C(C)(C)C. The molecule has 2 bridgehead atoms. The average molecular weight is 1120 g/mol. The summed E-state index contributed by atoms with van der Waals surface area (Å²) in [7, 11) is 3.36. The molecule has 5 aromatic rings. The number of Topliss-reactive ketones (excluding diaryl/α,β-unsaturated/α-hetero) is 1. The summed E-state index contributed by atoms with van der Waals surface area (Å²) in [4.78, 5) is 84.2. The number of benzene rings is 3. The predicted octanol–water partition coefficient (Wildman–Crippen LogP) is 8.61. The maximum absolute atomic E-state index is 14.8. The van der Waals surface area contributed by atoms with Gasteiger partial charge in [-0.15, -0.1) is 0 Å². The van der Waals surface area contributed by atoms with E-state index in [9.17, 15) is 33.6 Å². The van der Waals surface area contributed by atoms with Crippen LogP contribution in [-0.2, 0) is 51.7 Å². The standard InChI is InChI=1S/C63H79FN12O6/c1-39(67-5)59(78)71-56(63(2,3)4)62(81)75-37-42-32-45(27-25-41(42)33-53(75)60(79)70-49-23-15-19-40-18-12-13-22-46(40)49)82-31-14-10-8-7-9-11-20-44(77)21-16-30-76-54(35-65)55-50-36-68-57(66)58(69-50)74-29-17-24-52(74)48-34-43(64)26-28-47(48)61(80)73(6)38-51(55)72-76/h12-13,18,22,25-28,32,34,36,39,49,52-53,56,67H,7-11,14-17,19-21,23-24,29-31,33,37-38H2,1-6H3,(H2,66,68)(H,70,79)(H,71,78)/t39-,49+,52+,53-,56+/m0/s1. The number of likely N-dealkylation sites (N-methyl/N-ethyl adjacent to an activating group) is 1. The summed E-state index contributed by atoms with van der Waals surface area (Å²) in [6, 6.07) is 18.0. The summed E-state index contributed by atoms with van der Waals surface area (Å²) in [5, 5.41) is 24.7. The number of hydrogen-bond donors (Lipinski definition) is 4. The highest BCUT2D eigenvalue weighted by Crippen LogP contribution is 2.41. The largest absolute Gasteiger partial charge is 0.494 e. The fraction of sp³-hybridized carbons (Fsp3) is 0.508. The number of nitrogens with one attached hydrogen (secondary N) is 3. The molecule has 1 fully saturated rings. The number of nitriles is 1. The van der Waals surface area contributed by atoms with Gasteiger partial charge in [0.05, 0.1) is 54.4 Å². The van der Waals surface area contributed by atoms with Gasteiger partial charge in [-0.3, -0.25) is 28.7 Å². The Morgan fingerprint density at radius 3 is 2.46 bits per heavy atom. The van der Waals surface area contributed by atoms with Crippen molar-refractivity contribution in [1.29, 1.82) is 5.26 Å². The number of halogens is 1. The second kappa shape index (κ2) is 26.0. The molecule has 0 saturated carbocycles. The van der Waals surface area contributed by atoms with Gasteiger partial charge in [0, 0.05) is 51.5 Å². The van der Waals surface area contributed by atoms with E-state index in [2.05, 4.69) is 39.1 Å². The van der Waals surface area contributed by atoms with E-state index in [0.29, 0.717) is 91.4 Å². The van der Waals surface area contributed by atoms with Crippen molar-refractivity contribution in [3.63, 3.8) is 0 Å². The Bertz CT molecular complexity index is 3220. The molecule has 1 aliphatic carbocycles. The molecule has 9 rings (SSSR count). The first-order valence-electron chi connectivity index (χ1n) is 29.3. The number of ketones is 1. The summed E-state index contributed by atoms with van der Waals surface area (Å²) >= 11 is 0. The van der Waals surface area contributed by atoms with E-state index < -0.39 is 29.4 Å². The fourth-order valence-corrected chi connectivity index (χ4v) is 12.1. The number of aryl methyl sites for hydroxylation is 2. The van der Waals surface area contributed by atoms with Crippen LogP contribution in [0.5, 0.6) is 5.75 Å². The van der Waals surface area contributed by atoms with Crippen molar-refractivity contribution in [2.75, 3.05) is 37.9 Å². The second-order valence-corrected chi connectivity index (χ2v) is 23.7. The minimum atomic E-state index is -0.879. The lowest BCUT2D eigenvalue weighted by molar-refractivity contribution is -0.147. The number of amides is 4. The van der Waals surface area contributed by atoms with Crippen LogP contribution in [-0.4, -0.2) is 104 Å². The summed E-state index contributed by atoms with van der Waals surface area (Å²) in [5.74, 6) is -0.117. The number of hydrogen-bond acceptors (Lipinski definition) is 13. The summed E-state index contributed by atoms with van der Waals surface area (Å²) in [6.07, 6.45) is 12.8. The van der Waals surface area contributed by atoms with Gasteiger partial charge in [-0.2, -0.15) is 10.4 Å². The monoisotopic (exact) mass is 1120 g/mol. The van der Waals surface area contributed by atoms with Crippen molar-refractivity contribution in [3.8, 4) is 23.1 Å². The molecule has 3 aliphatic heterocycles. The lowest BCUT2D eigenvalue weighted by atomic mass is 9.83. The van der Waals surface area contributed by atoms with E-state index in [1.165, 1.54) is 34.9 Å². The minimum Gasteiger partial charge on any atom is -0.494 e. The zero-order valence-electron chi connectivity index (χ0n) is 48.4. The van der Waals surface area contributed by atoms with E-state index in [1.54, 1.807) is 30.6 Å². The van der Waals surface area contributed by atoms with Crippen LogP contribution >= 0.6 is 0 Å². The van der Waals surface area contributed by atoms with Crippen LogP contribution in [0, 0.1) is 22.6 Å². The molecule has 19 heteroatoms. The number of nitrogens with zero attached hydrogens (tertiary/aromatic N) is 8. The Morgan fingerprint density at radius 2 is 1.68 bits per heavy atom. The fourth-order valence-electron chi connectivity index (χ4n) is 12.1. The number of anilines is 2. The third kappa shape index (κ3) is 13.3. The number of aromatic nitrogens is 4. The molecular formula is C63H79FN12O6. The molecule has 4 aliphatic rings. The highest BCUT2D eigenvalue weighted by atomic mass is 19.1. The minimum absolute atomic E-state index is 0.0493. The molecule has 5 heterocycles. The Hall–Kier alpha value is -7.72. The first kappa shape index (κ1) is 58.9. The van der Waals surface area contributed by atoms with E-state index in [4.69, 9.17) is 20.6 Å². The molecule has 0 radical (unpaired) electrons. The summed E-state index contributed by atoms with van der Waals surface area (Å²) in [5.41, 5.74) is 12.5. The van der Waals surface area contributed by atoms with Gasteiger partial charge >= 0.3 is 0 Å². The van der Waals surface area contributed by atoms with Gasteiger partial charge in [0.15, 0.2) is 11.6 Å². The number of ether oxygens (including phenoxy) is 1. The zero-order valence-corrected chi connectivity index (χ0v) is 48.4. The Morgan fingerprint density at radius 1 is 0.915 bits per heavy atom. The molecule has 18 nitrogen and oxygen atoms in total. The highest BCUT2D eigenvalue weighted by Gasteiger charge is 2.43. The van der Waals surface area contributed by atoms with Crippen molar-refractivity contribution in [2.45, 2.75) is 174 Å². The van der Waals surface area contributed by atoms with Crippen molar-refractivity contribution in [3.05, 3.63) is 117 Å². The molecule has 82 heavy (non-hydrogen) atoms. The van der Waals surface area contributed by atoms with Crippen molar-refractivity contribution in [1.82, 2.24) is 45.5 Å². The Kier molecular flexibility index (Phi) is 18.7. The number of rotatable bonds is 20. The third-order valence-electron chi connectivity index (χ3n) is 16.8. The average Bonchev–Trinajstić information content (AvgIpc) is 4.27. The highest BCUT2D eigenvalue weighted by molar-refractivity contribution is 5.96. The quantitative estimate of drug-likeness (QED) is 0.0535. The number of fused-ring (bicyclic) bond motifs is 10. The molecule has 0 unspecified atom stereocenters. The van der Waals surface area contributed by atoms with Crippen molar-refractivity contribution in [2.24, 2.45) is 5.41 Å². The van der Waals surface area contributed by atoms with Crippen LogP contribution in [0.3, 0.4) is 0 Å². The summed E-state index contributed by atoms with van der Waals surface area (Å²) < 4.78 is 22.6. The molecule has 434 valence electrons. The topological polar surface area (TPSA) is 234 Å². The lowest BCUT2D eigenvalue weighted by Crippen LogP contribution is -2.62. The van der Waals surface area contributed by atoms with E-state index in [0.717, 1.165) is 80.9 Å². The number of carbonyl (C=O) groups excluding carboxylic acids is 5. The molecule has 5 N–H and O–H groups in total. The molecule has 0 spiro atoms. The van der Waals surface area contributed by atoms with Gasteiger partial charge in [-0.1, -0.05) is 76.8 Å². The number of nitrogens with two attached hydrogens (primary N) is 1. The van der Waals surface area contributed by atoms with E-state index in [1.807, 2.05) is 56.0 Å². The summed E-state index contributed by atoms with van der Waals surface area (Å²) in [6.45, 7) is 9.14. The maximum atomic E-state index is 14.8. The van der Waals surface area contributed by atoms with Crippen LogP contribution < -0.4 is 31.3 Å². The molecule has 4 amide bonds. The van der Waals surface area contributed by atoms with Crippen LogP contribution in [0.1, 0.15) is 173 Å².